The van der Waals surface area contributed by atoms with Gasteiger partial charge in [0, 0.05) is 23.7 Å². The first-order chi connectivity index (χ1) is 8.26. The molecule has 0 amide bonds. The summed E-state index contributed by atoms with van der Waals surface area (Å²) in [4.78, 5) is 5.34. The van der Waals surface area contributed by atoms with E-state index in [4.69, 9.17) is 9.84 Å². The fourth-order valence-electron chi connectivity index (χ4n) is 2.08. The molecule has 4 nitrogen and oxygen atoms in total. The molecule has 1 aliphatic rings. The average Bonchev–Trinajstić information content (AvgIpc) is 2.80. The number of nitrogens with one attached hydrogen (secondary N) is 1. The van der Waals surface area contributed by atoms with Crippen LogP contribution in [0.3, 0.4) is 0 Å². The minimum Gasteiger partial charge on any atom is -0.394 e. The van der Waals surface area contributed by atoms with Gasteiger partial charge < -0.3 is 15.2 Å². The molecule has 0 saturated heterocycles. The van der Waals surface area contributed by atoms with E-state index in [1.807, 2.05) is 11.7 Å². The van der Waals surface area contributed by atoms with E-state index in [0.717, 1.165) is 19.4 Å². The van der Waals surface area contributed by atoms with Crippen LogP contribution in [-0.4, -0.2) is 35.5 Å². The lowest BCUT2D eigenvalue weighted by Gasteiger charge is -2.42. The Labute approximate surface area is 106 Å². The van der Waals surface area contributed by atoms with Crippen LogP contribution < -0.4 is 5.32 Å². The Morgan fingerprint density at radius 1 is 1.65 bits per heavy atom. The summed E-state index contributed by atoms with van der Waals surface area (Å²) in [6.45, 7) is 3.54. The molecule has 5 heteroatoms. The summed E-state index contributed by atoms with van der Waals surface area (Å²) in [7, 11) is 0. The van der Waals surface area contributed by atoms with E-state index in [-0.39, 0.29) is 12.2 Å². The monoisotopic (exact) mass is 256 g/mol. The Hall–Kier alpha value is -0.490. The van der Waals surface area contributed by atoms with Gasteiger partial charge in [-0.25, -0.2) is 0 Å². The Morgan fingerprint density at radius 3 is 3.00 bits per heavy atom. The largest absolute Gasteiger partial charge is 0.394 e. The Morgan fingerprint density at radius 2 is 2.47 bits per heavy atom. The quantitative estimate of drug-likeness (QED) is 0.780. The molecule has 1 unspecified atom stereocenters. The van der Waals surface area contributed by atoms with E-state index in [1.54, 1.807) is 11.3 Å². The number of thiazole rings is 1. The van der Waals surface area contributed by atoms with E-state index >= 15 is 0 Å². The van der Waals surface area contributed by atoms with E-state index in [2.05, 4.69) is 17.2 Å². The third-order valence-corrected chi connectivity index (χ3v) is 4.33. The van der Waals surface area contributed by atoms with Crippen molar-refractivity contribution in [3.63, 3.8) is 0 Å². The Kier molecular flexibility index (Phi) is 4.50. The summed E-state index contributed by atoms with van der Waals surface area (Å²) in [5, 5.41) is 12.3. The van der Waals surface area contributed by atoms with Gasteiger partial charge in [0.25, 0.3) is 0 Å². The molecule has 0 bridgehead atoms. The maximum absolute atomic E-state index is 8.82. The molecule has 1 aromatic rings. The number of rotatable bonds is 7. The summed E-state index contributed by atoms with van der Waals surface area (Å²) < 4.78 is 5.76. The van der Waals surface area contributed by atoms with Crippen molar-refractivity contribution in [3.8, 4) is 0 Å². The molecule has 0 aliphatic heterocycles. The second-order valence-corrected chi connectivity index (χ2v) is 5.53. The molecule has 1 aromatic heterocycles. The summed E-state index contributed by atoms with van der Waals surface area (Å²) >= 11 is 1.67. The third-order valence-electron chi connectivity index (χ3n) is 3.37. The van der Waals surface area contributed by atoms with E-state index < -0.39 is 0 Å². The van der Waals surface area contributed by atoms with E-state index in [9.17, 15) is 0 Å². The third kappa shape index (κ3) is 3.25. The molecule has 0 aromatic carbocycles. The van der Waals surface area contributed by atoms with Gasteiger partial charge in [-0.2, -0.15) is 0 Å². The molecular formula is C12H20N2O2S. The van der Waals surface area contributed by atoms with E-state index in [0.29, 0.717) is 12.6 Å². The minimum absolute atomic E-state index is 0.0400. The van der Waals surface area contributed by atoms with Crippen molar-refractivity contribution in [3.05, 3.63) is 16.6 Å². The molecule has 17 heavy (non-hydrogen) atoms. The fraction of sp³-hybridized carbons (Fsp3) is 0.750. The van der Waals surface area contributed by atoms with Gasteiger partial charge >= 0.3 is 0 Å². The minimum atomic E-state index is -0.0400. The van der Waals surface area contributed by atoms with Crippen molar-refractivity contribution in [2.75, 3.05) is 19.8 Å². The number of hydrogen-bond acceptors (Lipinski definition) is 5. The van der Waals surface area contributed by atoms with Crippen molar-refractivity contribution in [1.29, 1.82) is 0 Å². The Balaban J connectivity index is 1.79. The smallest absolute Gasteiger partial charge is 0.0807 e. The van der Waals surface area contributed by atoms with Crippen molar-refractivity contribution in [1.82, 2.24) is 10.3 Å². The number of aliphatic hydroxyl groups excluding tert-OH is 1. The van der Waals surface area contributed by atoms with Crippen LogP contribution in [0.2, 0.25) is 0 Å². The first-order valence-corrected chi connectivity index (χ1v) is 7.00. The normalized spacial score (nSPS) is 19.9. The van der Waals surface area contributed by atoms with Gasteiger partial charge in [-0.15, -0.1) is 11.3 Å². The standard InChI is InChI=1S/C12H20N2O2S/c1-10(11-7-13-9-17-11)14-8-12(3-2-4-12)16-6-5-15/h7,9-10,14-15H,2-6,8H2,1H3. The number of ether oxygens (including phenoxy) is 1. The van der Waals surface area contributed by atoms with Crippen molar-refractivity contribution in [2.24, 2.45) is 0 Å². The highest BCUT2D eigenvalue weighted by Gasteiger charge is 2.37. The maximum atomic E-state index is 8.82. The van der Waals surface area contributed by atoms with Gasteiger partial charge in [0.1, 0.15) is 0 Å². The highest BCUT2D eigenvalue weighted by atomic mass is 32.1. The van der Waals surface area contributed by atoms with Gasteiger partial charge in [-0.3, -0.25) is 4.98 Å². The Bertz CT molecular complexity index is 325. The number of aliphatic hydroxyl groups is 1. The molecule has 1 aliphatic carbocycles. The second-order valence-electron chi connectivity index (χ2n) is 4.62. The van der Waals surface area contributed by atoms with Gasteiger partial charge in [-0.05, 0) is 26.2 Å². The molecule has 0 spiro atoms. The molecule has 1 atom stereocenters. The molecule has 1 heterocycles. The van der Waals surface area contributed by atoms with Crippen LogP contribution in [0, 0.1) is 0 Å². The number of hydrogen-bond donors (Lipinski definition) is 2. The molecular weight excluding hydrogens is 236 g/mol. The lowest BCUT2D eigenvalue weighted by Crippen LogP contribution is -2.49. The van der Waals surface area contributed by atoms with Crippen LogP contribution in [0.5, 0.6) is 0 Å². The predicted molar refractivity (Wildman–Crippen MR) is 68.2 cm³/mol. The van der Waals surface area contributed by atoms with Crippen molar-refractivity contribution < 1.29 is 9.84 Å². The zero-order valence-corrected chi connectivity index (χ0v) is 11.0. The van der Waals surface area contributed by atoms with Gasteiger partial charge in [0.15, 0.2) is 0 Å². The average molecular weight is 256 g/mol. The van der Waals surface area contributed by atoms with Crippen LogP contribution in [0.4, 0.5) is 0 Å². The lowest BCUT2D eigenvalue weighted by molar-refractivity contribution is -0.106. The molecule has 2 N–H and O–H groups in total. The van der Waals surface area contributed by atoms with E-state index in [1.165, 1.54) is 11.3 Å². The number of aromatic nitrogens is 1. The first-order valence-electron chi connectivity index (χ1n) is 6.12. The summed E-state index contributed by atoms with van der Waals surface area (Å²) in [6, 6.07) is 0.317. The van der Waals surface area contributed by atoms with Gasteiger partial charge in [0.2, 0.25) is 0 Å². The lowest BCUT2D eigenvalue weighted by atomic mass is 9.79. The van der Waals surface area contributed by atoms with Crippen LogP contribution in [-0.2, 0) is 4.74 Å². The van der Waals surface area contributed by atoms with Crippen molar-refractivity contribution >= 4 is 11.3 Å². The molecule has 96 valence electrons. The summed E-state index contributed by atoms with van der Waals surface area (Å²) in [5.74, 6) is 0. The zero-order chi connectivity index (χ0) is 12.1. The second kappa shape index (κ2) is 5.91. The molecule has 0 radical (unpaired) electrons. The van der Waals surface area contributed by atoms with Gasteiger partial charge in [0.05, 0.1) is 24.3 Å². The van der Waals surface area contributed by atoms with Crippen LogP contribution >= 0.6 is 11.3 Å². The maximum Gasteiger partial charge on any atom is 0.0807 e. The summed E-state index contributed by atoms with van der Waals surface area (Å²) in [6.07, 6.45) is 5.32. The summed E-state index contributed by atoms with van der Waals surface area (Å²) in [5.41, 5.74) is 1.82. The zero-order valence-electron chi connectivity index (χ0n) is 10.2. The van der Waals surface area contributed by atoms with Crippen molar-refractivity contribution in [2.45, 2.75) is 37.8 Å². The number of nitrogens with zero attached hydrogens (tertiary/aromatic N) is 1. The topological polar surface area (TPSA) is 54.4 Å². The highest BCUT2D eigenvalue weighted by molar-refractivity contribution is 7.09. The molecule has 1 saturated carbocycles. The predicted octanol–water partition coefficient (Wildman–Crippen LogP) is 1.73. The molecule has 1 fully saturated rings. The fourth-order valence-corrected chi connectivity index (χ4v) is 2.74. The molecule has 2 rings (SSSR count). The van der Waals surface area contributed by atoms with Crippen LogP contribution in [0.1, 0.15) is 37.1 Å². The van der Waals surface area contributed by atoms with Crippen LogP contribution in [0.15, 0.2) is 11.7 Å². The first kappa shape index (κ1) is 13.0. The SMILES string of the molecule is CC(NCC1(OCCO)CCC1)c1cncs1. The van der Waals surface area contributed by atoms with Gasteiger partial charge in [-0.1, -0.05) is 0 Å². The van der Waals surface area contributed by atoms with Crippen LogP contribution in [0.25, 0.3) is 0 Å². The highest BCUT2D eigenvalue weighted by Crippen LogP contribution is 2.35.